The molecule has 0 fully saturated rings. The maximum Gasteiger partial charge on any atom is 0.237 e. The van der Waals surface area contributed by atoms with Crippen molar-refractivity contribution in [2.45, 2.75) is 37.5 Å². The van der Waals surface area contributed by atoms with Crippen molar-refractivity contribution in [3.8, 4) is 0 Å². The quantitative estimate of drug-likeness (QED) is 0.664. The Balaban J connectivity index is 1.97. The van der Waals surface area contributed by atoms with E-state index in [1.807, 2.05) is 11.8 Å². The molecule has 0 radical (unpaired) electrons. The zero-order valence-corrected chi connectivity index (χ0v) is 13.1. The molecule has 1 aliphatic carbocycles. The van der Waals surface area contributed by atoms with Crippen LogP contribution in [0, 0.1) is 5.82 Å². The van der Waals surface area contributed by atoms with Crippen LogP contribution in [0.4, 0.5) is 10.1 Å². The van der Waals surface area contributed by atoms with Crippen molar-refractivity contribution in [3.63, 3.8) is 0 Å². The van der Waals surface area contributed by atoms with Gasteiger partial charge in [0.1, 0.15) is 5.82 Å². The minimum Gasteiger partial charge on any atom is -0.398 e. The largest absolute Gasteiger partial charge is 0.398 e. The summed E-state index contributed by atoms with van der Waals surface area (Å²) in [6.07, 6.45) is 6.55. The molecule has 21 heavy (non-hydrogen) atoms. The van der Waals surface area contributed by atoms with Crippen molar-refractivity contribution in [1.29, 1.82) is 0 Å². The number of carbonyl (C=O) groups excluding carboxylic acids is 1. The van der Waals surface area contributed by atoms with Crippen molar-refractivity contribution in [2.24, 2.45) is 0 Å². The number of thioether (sulfide) groups is 1. The van der Waals surface area contributed by atoms with Crippen molar-refractivity contribution in [1.82, 2.24) is 4.90 Å². The van der Waals surface area contributed by atoms with Gasteiger partial charge in [0.15, 0.2) is 0 Å². The lowest BCUT2D eigenvalue weighted by Gasteiger charge is -2.26. The molecule has 2 rings (SSSR count). The summed E-state index contributed by atoms with van der Waals surface area (Å²) in [6, 6.07) is 4.28. The lowest BCUT2D eigenvalue weighted by molar-refractivity contribution is -0.126. The zero-order valence-electron chi connectivity index (χ0n) is 12.3. The Morgan fingerprint density at radius 2 is 2.24 bits per heavy atom. The van der Waals surface area contributed by atoms with Gasteiger partial charge in [-0.05, 0) is 50.8 Å². The normalized spacial score (nSPS) is 14.7. The number of anilines is 1. The fourth-order valence-electron chi connectivity index (χ4n) is 2.47. The number of hydrogen-bond donors (Lipinski definition) is 1. The first-order valence-corrected chi connectivity index (χ1v) is 8.27. The first kappa shape index (κ1) is 15.9. The van der Waals surface area contributed by atoms with E-state index in [1.54, 1.807) is 6.07 Å². The van der Waals surface area contributed by atoms with Crippen molar-refractivity contribution in [2.75, 3.05) is 18.0 Å². The molecule has 0 saturated carbocycles. The highest BCUT2D eigenvalue weighted by molar-refractivity contribution is 8.00. The van der Waals surface area contributed by atoms with E-state index in [2.05, 4.69) is 6.08 Å². The lowest BCUT2D eigenvalue weighted by atomic mass is 10.0. The molecule has 0 unspecified atom stereocenters. The molecule has 0 saturated heterocycles. The van der Waals surface area contributed by atoms with Crippen LogP contribution < -0.4 is 5.73 Å². The van der Waals surface area contributed by atoms with Crippen LogP contribution in [-0.4, -0.2) is 23.1 Å². The predicted octanol–water partition coefficient (Wildman–Crippen LogP) is 3.81. The second kappa shape index (κ2) is 7.50. The van der Waals surface area contributed by atoms with Gasteiger partial charge in [-0.15, -0.1) is 11.8 Å². The molecule has 1 amide bonds. The summed E-state index contributed by atoms with van der Waals surface area (Å²) in [5.41, 5.74) is 7.28. The minimum atomic E-state index is -0.356. The number of nitrogen functional groups attached to an aromatic ring is 1. The molecule has 0 spiro atoms. The van der Waals surface area contributed by atoms with Crippen LogP contribution in [0.3, 0.4) is 0 Å². The fraction of sp³-hybridized carbons (Fsp3) is 0.438. The second-order valence-electron chi connectivity index (χ2n) is 5.05. The molecule has 5 heteroatoms. The van der Waals surface area contributed by atoms with Gasteiger partial charge in [0, 0.05) is 22.8 Å². The van der Waals surface area contributed by atoms with Crippen LogP contribution >= 0.6 is 11.8 Å². The number of carbonyl (C=O) groups is 1. The Bertz CT molecular complexity index is 545. The number of benzene rings is 1. The van der Waals surface area contributed by atoms with Crippen molar-refractivity contribution in [3.05, 3.63) is 35.8 Å². The number of rotatable bonds is 5. The average Bonchev–Trinajstić information content (AvgIpc) is 2.48. The highest BCUT2D eigenvalue weighted by Crippen LogP contribution is 2.27. The Kier molecular flexibility index (Phi) is 5.67. The minimum absolute atomic E-state index is 0.0828. The Hall–Kier alpha value is -1.49. The molecular weight excluding hydrogens is 287 g/mol. The van der Waals surface area contributed by atoms with Gasteiger partial charge in [0.2, 0.25) is 5.91 Å². The third-order valence-corrected chi connectivity index (χ3v) is 4.63. The topological polar surface area (TPSA) is 46.3 Å². The molecule has 3 nitrogen and oxygen atoms in total. The smallest absolute Gasteiger partial charge is 0.237 e. The van der Waals surface area contributed by atoms with Gasteiger partial charge in [-0.1, -0.05) is 6.08 Å². The molecule has 1 aromatic rings. The van der Waals surface area contributed by atoms with Gasteiger partial charge in [0.05, 0.1) is 5.75 Å². The van der Waals surface area contributed by atoms with E-state index in [1.165, 1.54) is 30.3 Å². The standard InChI is InChI=1S/C16H21FN2OS/c1-2-19(13-6-4-3-5-7-13)16(20)11-21-15-9-8-12(17)10-14(15)18/h6,8-10H,2-5,7,11,18H2,1H3. The van der Waals surface area contributed by atoms with Gasteiger partial charge < -0.3 is 10.6 Å². The summed E-state index contributed by atoms with van der Waals surface area (Å²) >= 11 is 1.36. The van der Waals surface area contributed by atoms with Crippen molar-refractivity contribution < 1.29 is 9.18 Å². The molecule has 2 N–H and O–H groups in total. The average molecular weight is 308 g/mol. The summed E-state index contributed by atoms with van der Waals surface area (Å²) in [7, 11) is 0. The Morgan fingerprint density at radius 3 is 2.86 bits per heavy atom. The molecule has 0 atom stereocenters. The number of allylic oxidation sites excluding steroid dienone is 2. The molecule has 0 bridgehead atoms. The maximum atomic E-state index is 13.0. The maximum absolute atomic E-state index is 13.0. The third kappa shape index (κ3) is 4.24. The van der Waals surface area contributed by atoms with E-state index >= 15 is 0 Å². The van der Waals surface area contributed by atoms with Gasteiger partial charge in [-0.2, -0.15) is 0 Å². The second-order valence-corrected chi connectivity index (χ2v) is 6.07. The van der Waals surface area contributed by atoms with E-state index in [0.29, 0.717) is 18.0 Å². The highest BCUT2D eigenvalue weighted by Gasteiger charge is 2.18. The van der Waals surface area contributed by atoms with Gasteiger partial charge in [0.25, 0.3) is 0 Å². The van der Waals surface area contributed by atoms with Crippen molar-refractivity contribution >= 4 is 23.4 Å². The number of halogens is 1. The predicted molar refractivity (Wildman–Crippen MR) is 85.5 cm³/mol. The molecular formula is C16H21FN2OS. The summed E-state index contributed by atoms with van der Waals surface area (Å²) in [5.74, 6) is 0.0474. The summed E-state index contributed by atoms with van der Waals surface area (Å²) in [4.78, 5) is 15.0. The van der Waals surface area contributed by atoms with Crippen LogP contribution in [0.5, 0.6) is 0 Å². The molecule has 1 aliphatic rings. The molecule has 114 valence electrons. The lowest BCUT2D eigenvalue weighted by Crippen LogP contribution is -2.32. The third-order valence-electron chi connectivity index (χ3n) is 3.55. The van der Waals surface area contributed by atoms with E-state index in [0.717, 1.165) is 29.9 Å². The molecule has 0 aliphatic heterocycles. The number of nitrogens with two attached hydrogens (primary N) is 1. The van der Waals surface area contributed by atoms with Crippen LogP contribution in [-0.2, 0) is 4.79 Å². The summed E-state index contributed by atoms with van der Waals surface area (Å²) in [5, 5.41) is 0. The van der Waals surface area contributed by atoms with E-state index < -0.39 is 0 Å². The monoisotopic (exact) mass is 308 g/mol. The van der Waals surface area contributed by atoms with Crippen LogP contribution in [0.1, 0.15) is 32.6 Å². The first-order chi connectivity index (χ1) is 10.1. The van der Waals surface area contributed by atoms with Crippen LogP contribution in [0.15, 0.2) is 34.9 Å². The van der Waals surface area contributed by atoms with Gasteiger partial charge in [-0.3, -0.25) is 4.79 Å². The molecule has 0 aromatic heterocycles. The van der Waals surface area contributed by atoms with E-state index in [9.17, 15) is 9.18 Å². The van der Waals surface area contributed by atoms with Crippen LogP contribution in [0.25, 0.3) is 0 Å². The highest BCUT2D eigenvalue weighted by atomic mass is 32.2. The fourth-order valence-corrected chi connectivity index (χ4v) is 3.30. The first-order valence-electron chi connectivity index (χ1n) is 7.29. The SMILES string of the molecule is CCN(C(=O)CSc1ccc(F)cc1N)C1=CCCCC1. The number of amides is 1. The molecule has 1 aromatic carbocycles. The summed E-state index contributed by atoms with van der Waals surface area (Å²) < 4.78 is 13.0. The van der Waals surface area contributed by atoms with Gasteiger partial charge in [-0.25, -0.2) is 4.39 Å². The zero-order chi connectivity index (χ0) is 15.2. The molecule has 0 heterocycles. The van der Waals surface area contributed by atoms with Gasteiger partial charge >= 0.3 is 0 Å². The number of hydrogen-bond acceptors (Lipinski definition) is 3. The Morgan fingerprint density at radius 1 is 1.43 bits per heavy atom. The van der Waals surface area contributed by atoms with E-state index in [-0.39, 0.29) is 11.7 Å². The Labute approximate surface area is 129 Å². The van der Waals surface area contributed by atoms with E-state index in [4.69, 9.17) is 5.73 Å². The number of nitrogens with zero attached hydrogens (tertiary/aromatic N) is 1. The van der Waals surface area contributed by atoms with Crippen LogP contribution in [0.2, 0.25) is 0 Å². The summed E-state index contributed by atoms with van der Waals surface area (Å²) in [6.45, 7) is 2.67.